The molecule has 7 heteroatoms. The summed E-state index contributed by atoms with van der Waals surface area (Å²) in [5.41, 5.74) is 3.50. The van der Waals surface area contributed by atoms with Gasteiger partial charge < -0.3 is 10.2 Å². The third-order valence-electron chi connectivity index (χ3n) is 4.48. The van der Waals surface area contributed by atoms with E-state index in [1.807, 2.05) is 43.0 Å². The summed E-state index contributed by atoms with van der Waals surface area (Å²) >= 11 is 0. The normalized spacial score (nSPS) is 17.2. The lowest BCUT2D eigenvalue weighted by molar-refractivity contribution is 0.0791. The Morgan fingerprint density at radius 3 is 2.84 bits per heavy atom. The summed E-state index contributed by atoms with van der Waals surface area (Å²) in [6, 6.07) is 7.74. The molecular formula is C18H20N6O. The third kappa shape index (κ3) is 3.17. The highest BCUT2D eigenvalue weighted by Crippen LogP contribution is 2.19. The van der Waals surface area contributed by atoms with Crippen molar-refractivity contribution >= 4 is 22.8 Å². The molecule has 1 aromatic carbocycles. The van der Waals surface area contributed by atoms with Crippen molar-refractivity contribution in [1.82, 2.24) is 25.1 Å². The fourth-order valence-corrected chi connectivity index (χ4v) is 3.29. The smallest absolute Gasteiger partial charge is 0.253 e. The minimum atomic E-state index is 0.0498. The van der Waals surface area contributed by atoms with Gasteiger partial charge in [-0.1, -0.05) is 0 Å². The Labute approximate surface area is 145 Å². The fraction of sp³-hybridized carbons (Fsp3) is 0.333. The SMILES string of the molecule is Cc1cc(C)nc(NC2CCN(C(=O)c3ccc4[nH]ncc4c3)C2)n1. The Hall–Kier alpha value is -2.96. The van der Waals surface area contributed by atoms with Gasteiger partial charge in [-0.05, 0) is 44.5 Å². The average Bonchev–Trinajstić information content (AvgIpc) is 3.21. The minimum absolute atomic E-state index is 0.0498. The van der Waals surface area contributed by atoms with Crippen LogP contribution in [0.5, 0.6) is 0 Å². The number of nitrogens with zero attached hydrogens (tertiary/aromatic N) is 4. The molecule has 0 bridgehead atoms. The van der Waals surface area contributed by atoms with Crippen molar-refractivity contribution in [1.29, 1.82) is 0 Å². The van der Waals surface area contributed by atoms with E-state index in [2.05, 4.69) is 25.5 Å². The summed E-state index contributed by atoms with van der Waals surface area (Å²) < 4.78 is 0. The zero-order chi connectivity index (χ0) is 17.4. The maximum atomic E-state index is 12.8. The van der Waals surface area contributed by atoms with Crippen molar-refractivity contribution in [3.05, 3.63) is 47.4 Å². The van der Waals surface area contributed by atoms with Gasteiger partial charge in [0.2, 0.25) is 5.95 Å². The number of aryl methyl sites for hydroxylation is 2. The van der Waals surface area contributed by atoms with Crippen molar-refractivity contribution in [2.24, 2.45) is 0 Å². The topological polar surface area (TPSA) is 86.8 Å². The summed E-state index contributed by atoms with van der Waals surface area (Å²) in [5, 5.41) is 11.2. The second-order valence-electron chi connectivity index (χ2n) is 6.53. The molecule has 1 saturated heterocycles. The average molecular weight is 336 g/mol. The van der Waals surface area contributed by atoms with E-state index in [0.29, 0.717) is 18.1 Å². The van der Waals surface area contributed by atoms with Crippen LogP contribution >= 0.6 is 0 Å². The lowest BCUT2D eigenvalue weighted by atomic mass is 10.1. The van der Waals surface area contributed by atoms with Gasteiger partial charge in [0, 0.05) is 41.5 Å². The van der Waals surface area contributed by atoms with Gasteiger partial charge in [0.1, 0.15) is 0 Å². The van der Waals surface area contributed by atoms with Crippen LogP contribution in [0.25, 0.3) is 10.9 Å². The molecule has 1 fully saturated rings. The molecular weight excluding hydrogens is 316 g/mol. The Morgan fingerprint density at radius 2 is 2.04 bits per heavy atom. The summed E-state index contributed by atoms with van der Waals surface area (Å²) in [6.07, 6.45) is 2.62. The highest BCUT2D eigenvalue weighted by molar-refractivity contribution is 5.98. The summed E-state index contributed by atoms with van der Waals surface area (Å²) in [7, 11) is 0. The number of amides is 1. The minimum Gasteiger partial charge on any atom is -0.350 e. The molecule has 1 aliphatic rings. The molecule has 25 heavy (non-hydrogen) atoms. The summed E-state index contributed by atoms with van der Waals surface area (Å²) in [4.78, 5) is 23.5. The molecule has 1 atom stereocenters. The van der Waals surface area contributed by atoms with Crippen LogP contribution < -0.4 is 5.32 Å². The number of aromatic amines is 1. The van der Waals surface area contributed by atoms with Gasteiger partial charge >= 0.3 is 0 Å². The molecule has 1 amide bonds. The highest BCUT2D eigenvalue weighted by Gasteiger charge is 2.27. The number of carbonyl (C=O) groups excluding carboxylic acids is 1. The van der Waals surface area contributed by atoms with Gasteiger partial charge in [0.05, 0.1) is 11.7 Å². The maximum absolute atomic E-state index is 12.8. The van der Waals surface area contributed by atoms with E-state index in [0.717, 1.165) is 35.3 Å². The first kappa shape index (κ1) is 15.6. The number of likely N-dealkylation sites (tertiary alicyclic amines) is 1. The van der Waals surface area contributed by atoms with Crippen LogP contribution in [-0.2, 0) is 0 Å². The first-order valence-electron chi connectivity index (χ1n) is 8.40. The second-order valence-corrected chi connectivity index (χ2v) is 6.53. The Balaban J connectivity index is 1.45. The van der Waals surface area contributed by atoms with Crippen LogP contribution in [0.2, 0.25) is 0 Å². The van der Waals surface area contributed by atoms with Crippen molar-refractivity contribution in [3.63, 3.8) is 0 Å². The number of aromatic nitrogens is 4. The third-order valence-corrected chi connectivity index (χ3v) is 4.48. The number of nitrogens with one attached hydrogen (secondary N) is 2. The Morgan fingerprint density at radius 1 is 1.24 bits per heavy atom. The van der Waals surface area contributed by atoms with Crippen LogP contribution in [0.4, 0.5) is 5.95 Å². The number of hydrogen-bond donors (Lipinski definition) is 2. The van der Waals surface area contributed by atoms with E-state index >= 15 is 0 Å². The number of hydrogen-bond acceptors (Lipinski definition) is 5. The fourth-order valence-electron chi connectivity index (χ4n) is 3.29. The predicted octanol–water partition coefficient (Wildman–Crippen LogP) is 2.30. The number of benzene rings is 1. The second kappa shape index (κ2) is 6.16. The molecule has 128 valence electrons. The Bertz CT molecular complexity index is 914. The van der Waals surface area contributed by atoms with Gasteiger partial charge in [-0.15, -0.1) is 0 Å². The lowest BCUT2D eigenvalue weighted by Crippen LogP contribution is -2.31. The Kier molecular flexibility index (Phi) is 3.83. The molecule has 4 rings (SSSR count). The highest BCUT2D eigenvalue weighted by atomic mass is 16.2. The molecule has 0 aliphatic carbocycles. The molecule has 1 unspecified atom stereocenters. The number of rotatable bonds is 3. The molecule has 2 N–H and O–H groups in total. The molecule has 3 aromatic rings. The number of carbonyl (C=O) groups is 1. The van der Waals surface area contributed by atoms with Gasteiger partial charge in [-0.2, -0.15) is 5.10 Å². The van der Waals surface area contributed by atoms with Crippen molar-refractivity contribution < 1.29 is 4.79 Å². The van der Waals surface area contributed by atoms with E-state index in [4.69, 9.17) is 0 Å². The van der Waals surface area contributed by atoms with Gasteiger partial charge in [0.15, 0.2) is 0 Å². The van der Waals surface area contributed by atoms with Gasteiger partial charge in [-0.25, -0.2) is 9.97 Å². The molecule has 0 radical (unpaired) electrons. The van der Waals surface area contributed by atoms with Crippen LogP contribution in [0, 0.1) is 13.8 Å². The maximum Gasteiger partial charge on any atom is 0.253 e. The van der Waals surface area contributed by atoms with Gasteiger partial charge in [-0.3, -0.25) is 9.89 Å². The number of anilines is 1. The standard InChI is InChI=1S/C18H20N6O/c1-11-7-12(2)21-18(20-11)22-15-5-6-24(10-15)17(25)13-3-4-16-14(8-13)9-19-23-16/h3-4,7-9,15H,5-6,10H2,1-2H3,(H,19,23)(H,20,21,22). The van der Waals surface area contributed by atoms with Crippen molar-refractivity contribution in [2.75, 3.05) is 18.4 Å². The molecule has 3 heterocycles. The molecule has 7 nitrogen and oxygen atoms in total. The molecule has 1 aliphatic heterocycles. The number of fused-ring (bicyclic) bond motifs is 1. The van der Waals surface area contributed by atoms with Crippen LogP contribution in [0.1, 0.15) is 28.2 Å². The van der Waals surface area contributed by atoms with E-state index in [9.17, 15) is 4.79 Å². The molecule has 0 spiro atoms. The summed E-state index contributed by atoms with van der Waals surface area (Å²) in [6.45, 7) is 5.29. The first-order valence-corrected chi connectivity index (χ1v) is 8.40. The molecule has 2 aromatic heterocycles. The van der Waals surface area contributed by atoms with Crippen molar-refractivity contribution in [3.8, 4) is 0 Å². The quantitative estimate of drug-likeness (QED) is 0.766. The van der Waals surface area contributed by atoms with Crippen LogP contribution in [-0.4, -0.2) is 50.1 Å². The zero-order valence-corrected chi connectivity index (χ0v) is 14.3. The van der Waals surface area contributed by atoms with E-state index < -0.39 is 0 Å². The predicted molar refractivity (Wildman–Crippen MR) is 95.5 cm³/mol. The van der Waals surface area contributed by atoms with Crippen LogP contribution in [0.3, 0.4) is 0 Å². The zero-order valence-electron chi connectivity index (χ0n) is 14.3. The van der Waals surface area contributed by atoms with Crippen molar-refractivity contribution in [2.45, 2.75) is 26.3 Å². The van der Waals surface area contributed by atoms with Crippen LogP contribution in [0.15, 0.2) is 30.5 Å². The van der Waals surface area contributed by atoms with Gasteiger partial charge in [0.25, 0.3) is 5.91 Å². The van der Waals surface area contributed by atoms with E-state index in [1.165, 1.54) is 0 Å². The monoisotopic (exact) mass is 336 g/mol. The van der Waals surface area contributed by atoms with E-state index in [-0.39, 0.29) is 11.9 Å². The summed E-state index contributed by atoms with van der Waals surface area (Å²) in [5.74, 6) is 0.686. The lowest BCUT2D eigenvalue weighted by Gasteiger charge is -2.17. The first-order chi connectivity index (χ1) is 12.1. The number of H-pyrrole nitrogens is 1. The largest absolute Gasteiger partial charge is 0.350 e. The molecule has 0 saturated carbocycles. The van der Waals surface area contributed by atoms with E-state index in [1.54, 1.807) is 6.20 Å².